The number of rotatable bonds is 10. The van der Waals surface area contributed by atoms with Gasteiger partial charge in [0, 0.05) is 29.9 Å². The summed E-state index contributed by atoms with van der Waals surface area (Å²) >= 11 is 1.08. The molecule has 0 saturated carbocycles. The molecule has 264 valence electrons. The van der Waals surface area contributed by atoms with Crippen LogP contribution in [-0.4, -0.2) is 42.7 Å². The highest BCUT2D eigenvalue weighted by Crippen LogP contribution is 2.50. The zero-order chi connectivity index (χ0) is 35.4. The lowest BCUT2D eigenvalue weighted by Crippen LogP contribution is -2.45. The van der Waals surface area contributed by atoms with Crippen molar-refractivity contribution in [2.24, 2.45) is 10.9 Å². The van der Waals surface area contributed by atoms with Crippen LogP contribution in [0.25, 0.3) is 11.4 Å². The van der Waals surface area contributed by atoms with E-state index in [1.165, 1.54) is 70.3 Å². The number of hydrogen-bond acceptors (Lipinski definition) is 7. The van der Waals surface area contributed by atoms with Gasteiger partial charge in [-0.2, -0.15) is 5.26 Å². The van der Waals surface area contributed by atoms with E-state index >= 15 is 0 Å². The van der Waals surface area contributed by atoms with Gasteiger partial charge in [-0.3, -0.25) is 0 Å². The first-order valence-corrected chi connectivity index (χ1v) is 19.5. The van der Waals surface area contributed by atoms with Crippen LogP contribution in [0.2, 0.25) is 0 Å². The number of nitriles is 1. The summed E-state index contributed by atoms with van der Waals surface area (Å²) in [6, 6.07) is 2.36. The van der Waals surface area contributed by atoms with Crippen molar-refractivity contribution in [2.75, 3.05) is 25.5 Å². The molecule has 0 spiro atoms. The van der Waals surface area contributed by atoms with Gasteiger partial charge in [0.2, 0.25) is 0 Å². The topological polar surface area (TPSA) is 86.7 Å². The Morgan fingerprint density at radius 1 is 1.15 bits per heavy atom. The van der Waals surface area contributed by atoms with E-state index in [9.17, 15) is 9.65 Å². The molecular weight excluding hydrogens is 637 g/mol. The predicted molar refractivity (Wildman–Crippen MR) is 208 cm³/mol. The minimum atomic E-state index is -0.414. The standard InChI is InChI=1S/C31H39FN5OPS.2C4H10/c1-5-7-8-9-10-19-11-17(3)37(14-19)31-35-13-21-22-15-38-16-23(22)25(28(39)27(21)36-31)18(4)26-20(12-33)30(34)40-29(26)24(32)6-2;2*1-3-4-2/h6,13,17,19,27H,4-5,7-11,14-16,34,39H2,1-3H3,(H,35,36);2*3-4H2,1-2H3/b24-6+;;/t17-,19+,27?;;/m0../s1. The number of allylic oxidation sites excluding steroid dienone is 2. The molecule has 3 N–H and O–H groups in total. The third kappa shape index (κ3) is 9.09. The maximum Gasteiger partial charge on any atom is 0.199 e. The average Bonchev–Trinajstić information content (AvgIpc) is 3.83. The van der Waals surface area contributed by atoms with Crippen molar-refractivity contribution in [3.05, 3.63) is 62.5 Å². The summed E-state index contributed by atoms with van der Waals surface area (Å²) in [6.45, 7) is 21.2. The highest BCUT2D eigenvalue weighted by Gasteiger charge is 2.40. The van der Waals surface area contributed by atoms with Crippen molar-refractivity contribution in [2.45, 2.75) is 125 Å². The number of ether oxygens (including phenoxy) is 1. The molecule has 1 aliphatic carbocycles. The molecule has 9 heteroatoms. The maximum atomic E-state index is 15.0. The summed E-state index contributed by atoms with van der Waals surface area (Å²) in [5.74, 6) is 1.16. The largest absolute Gasteiger partial charge is 0.389 e. The van der Waals surface area contributed by atoms with Gasteiger partial charge in [0.15, 0.2) is 5.96 Å². The highest BCUT2D eigenvalue weighted by molar-refractivity contribution is 7.23. The summed E-state index contributed by atoms with van der Waals surface area (Å²) in [5.41, 5.74) is 11.5. The summed E-state index contributed by atoms with van der Waals surface area (Å²) in [7, 11) is 2.88. The Morgan fingerprint density at radius 2 is 1.81 bits per heavy atom. The number of nitrogens with two attached hydrogens (primary N) is 1. The first kappa shape index (κ1) is 39.7. The third-order valence-corrected chi connectivity index (χ3v) is 11.1. The molecule has 4 aliphatic rings. The fourth-order valence-corrected chi connectivity index (χ4v) is 8.07. The third-order valence-electron chi connectivity index (χ3n) is 9.51. The van der Waals surface area contributed by atoms with Crippen LogP contribution in [-0.2, 0) is 4.74 Å². The Hall–Kier alpha value is -2.72. The number of nitrogens with zero attached hydrogens (tertiary/aromatic N) is 3. The molecule has 0 radical (unpaired) electrons. The van der Waals surface area contributed by atoms with Gasteiger partial charge < -0.3 is 20.7 Å². The zero-order valence-corrected chi connectivity index (χ0v) is 32.4. The molecule has 1 saturated heterocycles. The number of unbranched alkanes of at least 4 members (excludes halogenated alkanes) is 5. The maximum absolute atomic E-state index is 15.0. The van der Waals surface area contributed by atoms with Crippen LogP contribution in [0, 0.1) is 17.2 Å². The molecule has 3 aliphatic heterocycles. The van der Waals surface area contributed by atoms with Crippen LogP contribution in [0.5, 0.6) is 0 Å². The second-order valence-electron chi connectivity index (χ2n) is 13.1. The Balaban J connectivity index is 0.000000705. The molecule has 6 nitrogen and oxygen atoms in total. The van der Waals surface area contributed by atoms with Crippen LogP contribution in [0.15, 0.2) is 51.5 Å². The molecule has 48 heavy (non-hydrogen) atoms. The summed E-state index contributed by atoms with van der Waals surface area (Å²) in [5, 5.41) is 14.7. The lowest BCUT2D eigenvalue weighted by molar-refractivity contribution is 0.206. The van der Waals surface area contributed by atoms with E-state index in [0.29, 0.717) is 46.2 Å². The van der Waals surface area contributed by atoms with Gasteiger partial charge in [-0.1, -0.05) is 98.6 Å². The van der Waals surface area contributed by atoms with Gasteiger partial charge >= 0.3 is 0 Å². The lowest BCUT2D eigenvalue weighted by Gasteiger charge is -2.35. The van der Waals surface area contributed by atoms with Gasteiger partial charge in [-0.25, -0.2) is 9.38 Å². The average molecular weight is 696 g/mol. The summed E-state index contributed by atoms with van der Waals surface area (Å²) in [4.78, 5) is 7.99. The molecule has 4 atom stereocenters. The predicted octanol–water partition coefficient (Wildman–Crippen LogP) is 10.5. The minimum absolute atomic E-state index is 0.235. The van der Waals surface area contributed by atoms with E-state index in [-0.39, 0.29) is 11.6 Å². The quantitative estimate of drug-likeness (QED) is 0.188. The molecule has 2 unspecified atom stereocenters. The van der Waals surface area contributed by atoms with E-state index in [0.717, 1.165) is 51.4 Å². The Bertz CT molecular complexity index is 1470. The molecular formula is C39H59FN5OPS. The summed E-state index contributed by atoms with van der Waals surface area (Å²) in [6.07, 6.45) is 16.4. The zero-order valence-electron chi connectivity index (χ0n) is 30.5. The van der Waals surface area contributed by atoms with Crippen molar-refractivity contribution in [1.82, 2.24) is 10.2 Å². The van der Waals surface area contributed by atoms with Crippen molar-refractivity contribution < 1.29 is 9.13 Å². The van der Waals surface area contributed by atoms with Crippen molar-refractivity contribution in [3.8, 4) is 6.07 Å². The molecule has 5 rings (SSSR count). The van der Waals surface area contributed by atoms with Crippen molar-refractivity contribution >= 4 is 42.9 Å². The van der Waals surface area contributed by atoms with E-state index < -0.39 is 5.83 Å². The van der Waals surface area contributed by atoms with E-state index in [1.807, 2.05) is 0 Å². The number of guanidine groups is 1. The number of aliphatic imine (C=N–C) groups is 1. The van der Waals surface area contributed by atoms with Crippen LogP contribution >= 0.6 is 20.6 Å². The first-order chi connectivity index (χ1) is 23.1. The number of anilines is 1. The molecule has 1 aromatic rings. The molecule has 1 aromatic heterocycles. The first-order valence-electron chi connectivity index (χ1n) is 18.1. The SMILES string of the molecule is C=C(C1=C(P)C2N=C(N3C[C@H](CCCCCC)C[C@@H]3C)NC=C2C2=C1COC2)c1c(/C(F)=C\C)sc(N)c1C#N.CCCC.CCCC. The Labute approximate surface area is 296 Å². The molecule has 0 amide bonds. The Kier molecular flexibility index (Phi) is 16.1. The summed E-state index contributed by atoms with van der Waals surface area (Å²) < 4.78 is 20.9. The Morgan fingerprint density at radius 3 is 2.42 bits per heavy atom. The van der Waals surface area contributed by atoms with E-state index in [4.69, 9.17) is 15.5 Å². The molecule has 0 aromatic carbocycles. The van der Waals surface area contributed by atoms with Crippen LogP contribution in [0.3, 0.4) is 0 Å². The van der Waals surface area contributed by atoms with Crippen LogP contribution in [0.1, 0.15) is 129 Å². The molecule has 0 bridgehead atoms. The normalized spacial score (nSPS) is 21.6. The molecule has 4 heterocycles. The van der Waals surface area contributed by atoms with Gasteiger partial charge in [0.25, 0.3) is 0 Å². The fourth-order valence-electron chi connectivity index (χ4n) is 6.45. The minimum Gasteiger partial charge on any atom is -0.389 e. The number of likely N-dealkylation sites (tertiary alicyclic amines) is 1. The van der Waals surface area contributed by atoms with E-state index in [1.54, 1.807) is 6.92 Å². The molecule has 1 fully saturated rings. The van der Waals surface area contributed by atoms with Gasteiger partial charge in [0.1, 0.15) is 22.9 Å². The number of fused-ring (bicyclic) bond motifs is 2. The van der Waals surface area contributed by atoms with Crippen LogP contribution < -0.4 is 11.1 Å². The fraction of sp³-hybridized carbons (Fsp3) is 0.590. The monoisotopic (exact) mass is 695 g/mol. The second-order valence-corrected chi connectivity index (χ2v) is 14.8. The number of hydrogen-bond donors (Lipinski definition) is 2. The number of thiophene rings is 1. The lowest BCUT2D eigenvalue weighted by atomic mass is 9.80. The number of nitrogen functional groups attached to an aromatic ring is 1. The van der Waals surface area contributed by atoms with Gasteiger partial charge in [0.05, 0.1) is 23.7 Å². The van der Waals surface area contributed by atoms with Crippen LogP contribution in [0.4, 0.5) is 9.39 Å². The van der Waals surface area contributed by atoms with Gasteiger partial charge in [-0.15, -0.1) is 20.6 Å². The second kappa shape index (κ2) is 19.5. The van der Waals surface area contributed by atoms with Gasteiger partial charge in [-0.05, 0) is 60.2 Å². The smallest absolute Gasteiger partial charge is 0.199 e. The van der Waals surface area contributed by atoms with E-state index in [2.05, 4.69) is 79.8 Å². The van der Waals surface area contributed by atoms with Crippen molar-refractivity contribution in [1.29, 1.82) is 5.26 Å². The number of halogens is 1. The van der Waals surface area contributed by atoms with Crippen molar-refractivity contribution in [3.63, 3.8) is 0 Å². The number of nitrogens with one attached hydrogen (secondary N) is 1. The highest BCUT2D eigenvalue weighted by atomic mass is 32.1.